The molecule has 2 aliphatic rings. The van der Waals surface area contributed by atoms with Crippen molar-refractivity contribution in [1.29, 1.82) is 0 Å². The van der Waals surface area contributed by atoms with E-state index in [-0.39, 0.29) is 5.41 Å². The summed E-state index contributed by atoms with van der Waals surface area (Å²) in [5.41, 5.74) is 6.02. The van der Waals surface area contributed by atoms with Crippen molar-refractivity contribution in [3.05, 3.63) is 29.8 Å². The van der Waals surface area contributed by atoms with Crippen molar-refractivity contribution in [2.24, 2.45) is 21.8 Å². The average Bonchev–Trinajstić information content (AvgIpc) is 2.91. The maximum atomic E-state index is 5.36. The third kappa shape index (κ3) is 2.90. The molecule has 0 radical (unpaired) electrons. The average molecular weight is 346 g/mol. The highest BCUT2D eigenvalue weighted by Crippen LogP contribution is 2.63. The van der Waals surface area contributed by atoms with Crippen molar-refractivity contribution < 1.29 is 4.74 Å². The van der Waals surface area contributed by atoms with Crippen LogP contribution < -0.4 is 15.5 Å². The number of hydrogen-bond acceptors (Lipinski definition) is 3. The second-order valence-corrected chi connectivity index (χ2v) is 8.10. The van der Waals surface area contributed by atoms with E-state index in [0.717, 1.165) is 23.7 Å². The number of methoxy groups -OCH3 is 1. The van der Waals surface area contributed by atoms with E-state index in [9.17, 15) is 0 Å². The summed E-state index contributed by atoms with van der Waals surface area (Å²) in [5, 5.41) is 8.44. The minimum atomic E-state index is 0.205. The molecule has 2 aliphatic carbocycles. The van der Waals surface area contributed by atoms with Gasteiger partial charge in [0.05, 0.1) is 7.11 Å². The molecule has 2 fully saturated rings. The van der Waals surface area contributed by atoms with E-state index in [1.807, 2.05) is 24.3 Å². The molecule has 2 saturated carbocycles. The van der Waals surface area contributed by atoms with Crippen molar-refractivity contribution in [2.75, 3.05) is 7.11 Å². The quantitative estimate of drug-likeness (QED) is 0.642. The summed E-state index contributed by atoms with van der Waals surface area (Å²) < 4.78 is 5.16. The Morgan fingerprint density at radius 1 is 1.29 bits per heavy atom. The van der Waals surface area contributed by atoms with Crippen molar-refractivity contribution in [1.82, 2.24) is 10.7 Å². The SMILES string of the molecule is COc1ccc(CNC(=S)N/N=C2/C[C@H]3CC[C@]2(C)C3(C)C)cc1. The molecule has 2 N–H and O–H groups in total. The normalized spacial score (nSPS) is 28.8. The molecule has 1 aromatic rings. The third-order valence-electron chi connectivity index (χ3n) is 6.42. The summed E-state index contributed by atoms with van der Waals surface area (Å²) in [6.07, 6.45) is 3.65. The van der Waals surface area contributed by atoms with Gasteiger partial charge in [-0.15, -0.1) is 0 Å². The Labute approximate surface area is 150 Å². The van der Waals surface area contributed by atoms with E-state index in [4.69, 9.17) is 17.0 Å². The molecule has 0 aliphatic heterocycles. The summed E-state index contributed by atoms with van der Waals surface area (Å²) in [6, 6.07) is 7.96. The second kappa shape index (κ2) is 6.36. The largest absolute Gasteiger partial charge is 0.497 e. The number of nitrogens with one attached hydrogen (secondary N) is 2. The highest BCUT2D eigenvalue weighted by molar-refractivity contribution is 7.80. The molecule has 130 valence electrons. The van der Waals surface area contributed by atoms with Crippen LogP contribution in [0.5, 0.6) is 5.75 Å². The standard InChI is InChI=1S/C19H27N3OS/c1-18(2)14-9-10-19(18,3)16(11-14)21-22-17(24)20-12-13-5-7-15(23-4)8-6-13/h5-8,14H,9-12H2,1-4H3,(H2,20,22,24)/b21-16-/t14-,19+/m1/s1. The van der Waals surface area contributed by atoms with Crippen LogP contribution in [0.3, 0.4) is 0 Å². The van der Waals surface area contributed by atoms with Gasteiger partial charge >= 0.3 is 0 Å². The third-order valence-corrected chi connectivity index (χ3v) is 6.65. The number of nitrogens with zero attached hydrogens (tertiary/aromatic N) is 1. The predicted octanol–water partition coefficient (Wildman–Crippen LogP) is 3.86. The zero-order chi connectivity index (χ0) is 17.4. The molecule has 0 amide bonds. The van der Waals surface area contributed by atoms with Crippen LogP contribution in [0.2, 0.25) is 0 Å². The zero-order valence-corrected chi connectivity index (χ0v) is 15.8. The van der Waals surface area contributed by atoms with E-state index in [2.05, 4.69) is 36.6 Å². The second-order valence-electron chi connectivity index (χ2n) is 7.69. The fourth-order valence-electron chi connectivity index (χ4n) is 4.18. The Morgan fingerprint density at radius 3 is 2.54 bits per heavy atom. The van der Waals surface area contributed by atoms with Gasteiger partial charge in [-0.25, -0.2) is 0 Å². The molecule has 24 heavy (non-hydrogen) atoms. The molecular weight excluding hydrogens is 318 g/mol. The maximum Gasteiger partial charge on any atom is 0.187 e. The number of rotatable bonds is 4. The van der Waals surface area contributed by atoms with E-state index in [1.54, 1.807) is 7.11 Å². The summed E-state index contributed by atoms with van der Waals surface area (Å²) in [5.74, 6) is 1.61. The van der Waals surface area contributed by atoms with Gasteiger partial charge in [0.1, 0.15) is 5.75 Å². The summed E-state index contributed by atoms with van der Waals surface area (Å²) >= 11 is 5.36. The van der Waals surface area contributed by atoms with Gasteiger partial charge in [0.25, 0.3) is 0 Å². The lowest BCUT2D eigenvalue weighted by molar-refractivity contribution is 0.193. The number of benzene rings is 1. The topological polar surface area (TPSA) is 45.6 Å². The van der Waals surface area contributed by atoms with Gasteiger partial charge < -0.3 is 10.1 Å². The number of fused-ring (bicyclic) bond motifs is 2. The zero-order valence-electron chi connectivity index (χ0n) is 15.0. The summed E-state index contributed by atoms with van der Waals surface area (Å²) in [4.78, 5) is 0. The Kier molecular flexibility index (Phi) is 4.56. The van der Waals surface area contributed by atoms with Gasteiger partial charge in [-0.2, -0.15) is 5.10 Å². The van der Waals surface area contributed by atoms with E-state index < -0.39 is 0 Å². The van der Waals surface area contributed by atoms with E-state index >= 15 is 0 Å². The van der Waals surface area contributed by atoms with Crippen LogP contribution >= 0.6 is 12.2 Å². The van der Waals surface area contributed by atoms with E-state index in [0.29, 0.717) is 17.1 Å². The Morgan fingerprint density at radius 2 is 2.00 bits per heavy atom. The van der Waals surface area contributed by atoms with Crippen molar-refractivity contribution >= 4 is 23.0 Å². The van der Waals surface area contributed by atoms with Crippen LogP contribution in [-0.2, 0) is 6.54 Å². The molecule has 2 bridgehead atoms. The number of thiocarbonyl (C=S) groups is 1. The van der Waals surface area contributed by atoms with Gasteiger partial charge in [-0.3, -0.25) is 5.43 Å². The summed E-state index contributed by atoms with van der Waals surface area (Å²) in [6.45, 7) is 7.79. The van der Waals surface area contributed by atoms with Gasteiger partial charge in [0.15, 0.2) is 5.11 Å². The lowest BCUT2D eigenvalue weighted by atomic mass is 9.70. The fourth-order valence-corrected chi connectivity index (χ4v) is 4.30. The monoisotopic (exact) mass is 345 g/mol. The van der Waals surface area contributed by atoms with Gasteiger partial charge in [-0.1, -0.05) is 32.9 Å². The van der Waals surface area contributed by atoms with Gasteiger partial charge in [0.2, 0.25) is 0 Å². The smallest absolute Gasteiger partial charge is 0.187 e. The molecule has 0 heterocycles. The molecule has 1 aromatic carbocycles. The molecule has 0 spiro atoms. The first-order chi connectivity index (χ1) is 11.4. The first-order valence-corrected chi connectivity index (χ1v) is 9.01. The van der Waals surface area contributed by atoms with Gasteiger partial charge in [-0.05, 0) is 60.5 Å². The molecule has 3 rings (SSSR count). The lowest BCUT2D eigenvalue weighted by Gasteiger charge is -2.34. The minimum Gasteiger partial charge on any atom is -0.497 e. The van der Waals surface area contributed by atoms with Gasteiger partial charge in [0, 0.05) is 17.7 Å². The van der Waals surface area contributed by atoms with Crippen LogP contribution in [-0.4, -0.2) is 17.9 Å². The highest BCUT2D eigenvalue weighted by atomic mass is 32.1. The van der Waals surface area contributed by atoms with Crippen LogP contribution in [0.1, 0.15) is 45.6 Å². The highest BCUT2D eigenvalue weighted by Gasteiger charge is 2.59. The Balaban J connectivity index is 1.54. The van der Waals surface area contributed by atoms with E-state index in [1.165, 1.54) is 18.6 Å². The number of hydrazone groups is 1. The molecule has 0 unspecified atom stereocenters. The molecule has 5 heteroatoms. The number of ether oxygens (including phenoxy) is 1. The van der Waals surface area contributed by atoms with Crippen LogP contribution in [0.15, 0.2) is 29.4 Å². The van der Waals surface area contributed by atoms with Crippen molar-refractivity contribution in [2.45, 2.75) is 46.6 Å². The molecule has 0 aromatic heterocycles. The first kappa shape index (κ1) is 17.2. The maximum absolute atomic E-state index is 5.36. The minimum absolute atomic E-state index is 0.205. The summed E-state index contributed by atoms with van der Waals surface area (Å²) in [7, 11) is 1.67. The Bertz CT molecular complexity index is 653. The van der Waals surface area contributed by atoms with Crippen LogP contribution in [0, 0.1) is 16.7 Å². The lowest BCUT2D eigenvalue weighted by Crippen LogP contribution is -2.36. The van der Waals surface area contributed by atoms with Crippen molar-refractivity contribution in [3.63, 3.8) is 0 Å². The van der Waals surface area contributed by atoms with Crippen LogP contribution in [0.25, 0.3) is 0 Å². The Hall–Kier alpha value is -1.62. The molecule has 2 atom stereocenters. The van der Waals surface area contributed by atoms with Crippen molar-refractivity contribution in [3.8, 4) is 5.75 Å². The fraction of sp³-hybridized carbons (Fsp3) is 0.579. The van der Waals surface area contributed by atoms with Crippen LogP contribution in [0.4, 0.5) is 0 Å². The predicted molar refractivity (Wildman–Crippen MR) is 102 cm³/mol. The molecule has 0 saturated heterocycles. The molecular formula is C19H27N3OS. The first-order valence-electron chi connectivity index (χ1n) is 8.60. The number of hydrogen-bond donors (Lipinski definition) is 2. The molecule has 4 nitrogen and oxygen atoms in total.